The molecule has 5 nitrogen and oxygen atoms in total. The molecule has 1 saturated heterocycles. The molecule has 0 unspecified atom stereocenters. The van der Waals surface area contributed by atoms with Crippen LogP contribution in [-0.4, -0.2) is 51.3 Å². The van der Waals surface area contributed by atoms with Gasteiger partial charge in [0.25, 0.3) is 0 Å². The fraction of sp³-hybridized carbons (Fsp3) is 0.364. The molecule has 2 aromatic rings. The van der Waals surface area contributed by atoms with E-state index in [1.165, 1.54) is 5.69 Å². The van der Waals surface area contributed by atoms with Crippen LogP contribution in [0.1, 0.15) is 12.5 Å². The van der Waals surface area contributed by atoms with Gasteiger partial charge in [0.05, 0.1) is 25.1 Å². The van der Waals surface area contributed by atoms with Gasteiger partial charge in [-0.05, 0) is 30.7 Å². The highest BCUT2D eigenvalue weighted by Crippen LogP contribution is 2.28. The highest BCUT2D eigenvalue weighted by atomic mass is 16.6. The normalized spacial score (nSPS) is 15.6. The number of rotatable bonds is 8. The van der Waals surface area contributed by atoms with Gasteiger partial charge in [0.2, 0.25) is 0 Å². The van der Waals surface area contributed by atoms with E-state index in [1.807, 2.05) is 37.3 Å². The number of anilines is 1. The van der Waals surface area contributed by atoms with E-state index < -0.39 is 0 Å². The van der Waals surface area contributed by atoms with Gasteiger partial charge in [0.1, 0.15) is 5.75 Å². The first kappa shape index (κ1) is 19.3. The number of methoxy groups -OCH3 is 1. The topological polar surface area (TPSA) is 37.0 Å². The number of ether oxygens (including phenoxy) is 1. The minimum Gasteiger partial charge on any atom is -0.495 e. The predicted octanol–water partition coefficient (Wildman–Crippen LogP) is 3.40. The maximum atomic E-state index is 5.50. The zero-order valence-electron chi connectivity index (χ0n) is 16.2. The smallest absolute Gasteiger partial charge is 0.142 e. The Hall–Kier alpha value is -2.50. The van der Waals surface area contributed by atoms with Gasteiger partial charge in [-0.2, -0.15) is 0 Å². The Labute approximate surface area is 162 Å². The van der Waals surface area contributed by atoms with E-state index in [0.29, 0.717) is 6.61 Å². The number of nitrogens with zero attached hydrogens (tertiary/aromatic N) is 2. The van der Waals surface area contributed by atoms with Gasteiger partial charge in [-0.15, -0.1) is 0 Å². The summed E-state index contributed by atoms with van der Waals surface area (Å²) in [4.78, 5) is 10.3. The molecule has 5 heteroatoms. The summed E-state index contributed by atoms with van der Waals surface area (Å²) in [5.74, 6) is 0.943. The van der Waals surface area contributed by atoms with Crippen LogP contribution in [0.25, 0.3) is 5.70 Å². The van der Waals surface area contributed by atoms with Crippen LogP contribution in [0.5, 0.6) is 5.75 Å². The third kappa shape index (κ3) is 5.25. The third-order valence-corrected chi connectivity index (χ3v) is 4.76. The zero-order chi connectivity index (χ0) is 18.9. The maximum absolute atomic E-state index is 5.50. The minimum absolute atomic E-state index is 0.627. The van der Waals surface area contributed by atoms with Gasteiger partial charge >= 0.3 is 0 Å². The van der Waals surface area contributed by atoms with E-state index in [9.17, 15) is 0 Å². The molecule has 0 aliphatic carbocycles. The van der Waals surface area contributed by atoms with Crippen LogP contribution in [0, 0.1) is 0 Å². The van der Waals surface area contributed by atoms with E-state index >= 15 is 0 Å². The lowest BCUT2D eigenvalue weighted by atomic mass is 10.1. The van der Waals surface area contributed by atoms with Crippen LogP contribution >= 0.6 is 0 Å². The van der Waals surface area contributed by atoms with Crippen molar-refractivity contribution in [1.29, 1.82) is 0 Å². The Morgan fingerprint density at radius 3 is 2.41 bits per heavy atom. The monoisotopic (exact) mass is 367 g/mol. The van der Waals surface area contributed by atoms with Crippen LogP contribution < -0.4 is 15.1 Å². The van der Waals surface area contributed by atoms with Crippen molar-refractivity contribution in [3.63, 3.8) is 0 Å². The molecular formula is C22H29N3O2. The summed E-state index contributed by atoms with van der Waals surface area (Å²) in [6.07, 6.45) is 2.21. The standard InChI is InChI=1S/C22H29N3O2/c1-3-27-23-20(19-9-5-4-6-10-19)13-14-24-15-17-25(18-16-24)21-11-7-8-12-22(21)26-2/h4-13,23H,3,14-18H2,1-2H3. The molecule has 1 fully saturated rings. The van der Waals surface area contributed by atoms with Crippen molar-refractivity contribution < 1.29 is 9.57 Å². The van der Waals surface area contributed by atoms with Crippen LogP contribution in [0.4, 0.5) is 5.69 Å². The van der Waals surface area contributed by atoms with Crippen molar-refractivity contribution in [3.8, 4) is 5.75 Å². The number of para-hydroxylation sites is 2. The van der Waals surface area contributed by atoms with Gasteiger partial charge < -0.3 is 9.64 Å². The maximum Gasteiger partial charge on any atom is 0.142 e. The Morgan fingerprint density at radius 2 is 1.70 bits per heavy atom. The fourth-order valence-electron chi connectivity index (χ4n) is 3.27. The van der Waals surface area contributed by atoms with Gasteiger partial charge in [-0.3, -0.25) is 15.2 Å². The SMILES string of the molecule is CCONC(=CCN1CCN(c2ccccc2OC)CC1)c1ccccc1. The van der Waals surface area contributed by atoms with Crippen LogP contribution in [0.3, 0.4) is 0 Å². The summed E-state index contributed by atoms with van der Waals surface area (Å²) in [6, 6.07) is 18.5. The molecular weight excluding hydrogens is 338 g/mol. The van der Waals surface area contributed by atoms with Crippen molar-refractivity contribution in [2.45, 2.75) is 6.92 Å². The van der Waals surface area contributed by atoms with E-state index in [2.05, 4.69) is 45.6 Å². The Morgan fingerprint density at radius 1 is 1.00 bits per heavy atom. The third-order valence-electron chi connectivity index (χ3n) is 4.76. The second-order valence-electron chi connectivity index (χ2n) is 6.48. The lowest BCUT2D eigenvalue weighted by Crippen LogP contribution is -2.46. The molecule has 0 spiro atoms. The summed E-state index contributed by atoms with van der Waals surface area (Å²) in [5.41, 5.74) is 6.42. The molecule has 27 heavy (non-hydrogen) atoms. The first-order valence-corrected chi connectivity index (χ1v) is 9.55. The van der Waals surface area contributed by atoms with E-state index in [-0.39, 0.29) is 0 Å². The molecule has 0 saturated carbocycles. The van der Waals surface area contributed by atoms with Gasteiger partial charge in [-0.25, -0.2) is 0 Å². The molecule has 1 aliphatic heterocycles. The molecule has 0 atom stereocenters. The van der Waals surface area contributed by atoms with Crippen molar-refractivity contribution in [2.75, 3.05) is 51.3 Å². The summed E-state index contributed by atoms with van der Waals surface area (Å²) < 4.78 is 5.50. The van der Waals surface area contributed by atoms with Crippen molar-refractivity contribution >= 4 is 11.4 Å². The van der Waals surface area contributed by atoms with Gasteiger partial charge in [0.15, 0.2) is 0 Å². The molecule has 0 bridgehead atoms. The van der Waals surface area contributed by atoms with Crippen molar-refractivity contribution in [3.05, 3.63) is 66.2 Å². The second-order valence-corrected chi connectivity index (χ2v) is 6.48. The molecule has 1 heterocycles. The summed E-state index contributed by atoms with van der Waals surface area (Å²) in [7, 11) is 1.73. The van der Waals surface area contributed by atoms with Gasteiger partial charge in [-0.1, -0.05) is 42.5 Å². The van der Waals surface area contributed by atoms with E-state index in [4.69, 9.17) is 9.57 Å². The summed E-state index contributed by atoms with van der Waals surface area (Å²) in [6.45, 7) is 7.52. The largest absolute Gasteiger partial charge is 0.495 e. The van der Waals surface area contributed by atoms with Crippen molar-refractivity contribution in [2.24, 2.45) is 0 Å². The Balaban J connectivity index is 1.59. The average molecular weight is 367 g/mol. The Kier molecular flexibility index (Phi) is 7.13. The predicted molar refractivity (Wildman–Crippen MR) is 111 cm³/mol. The van der Waals surface area contributed by atoms with Crippen molar-refractivity contribution in [1.82, 2.24) is 10.4 Å². The molecule has 1 aliphatic rings. The molecule has 3 rings (SSSR count). The zero-order valence-corrected chi connectivity index (χ0v) is 16.2. The van der Waals surface area contributed by atoms with E-state index in [1.54, 1.807) is 7.11 Å². The average Bonchev–Trinajstić information content (AvgIpc) is 2.75. The number of benzene rings is 2. The highest BCUT2D eigenvalue weighted by Gasteiger charge is 2.19. The number of piperazine rings is 1. The van der Waals surface area contributed by atoms with Gasteiger partial charge in [0, 0.05) is 32.7 Å². The lowest BCUT2D eigenvalue weighted by molar-refractivity contribution is 0.0896. The van der Waals surface area contributed by atoms with Crippen LogP contribution in [-0.2, 0) is 4.84 Å². The minimum atomic E-state index is 0.627. The molecule has 1 N–H and O–H groups in total. The number of hydrogen-bond donors (Lipinski definition) is 1. The fourth-order valence-corrected chi connectivity index (χ4v) is 3.27. The molecule has 0 amide bonds. The molecule has 0 aromatic heterocycles. The first-order valence-electron chi connectivity index (χ1n) is 9.55. The van der Waals surface area contributed by atoms with Crippen LogP contribution in [0.2, 0.25) is 0 Å². The molecule has 2 aromatic carbocycles. The summed E-state index contributed by atoms with van der Waals surface area (Å²) >= 11 is 0. The quantitative estimate of drug-likeness (QED) is 0.724. The molecule has 144 valence electrons. The first-order chi connectivity index (χ1) is 13.3. The molecule has 0 radical (unpaired) electrons. The van der Waals surface area contributed by atoms with Crippen LogP contribution in [0.15, 0.2) is 60.7 Å². The Bertz CT molecular complexity index is 725. The van der Waals surface area contributed by atoms with E-state index in [0.717, 1.165) is 49.7 Å². The second kappa shape index (κ2) is 10.00. The number of hydrogen-bond acceptors (Lipinski definition) is 5. The summed E-state index contributed by atoms with van der Waals surface area (Å²) in [5, 5.41) is 0. The highest BCUT2D eigenvalue weighted by molar-refractivity contribution is 5.63. The number of nitrogens with one attached hydrogen (secondary N) is 1. The lowest BCUT2D eigenvalue weighted by Gasteiger charge is -2.36. The number of hydroxylamine groups is 1.